The lowest BCUT2D eigenvalue weighted by Gasteiger charge is -2.37. The molecule has 3 fully saturated rings. The molecule has 0 aliphatic carbocycles. The summed E-state index contributed by atoms with van der Waals surface area (Å²) in [5, 5.41) is 9.73. The fourth-order valence-electron chi connectivity index (χ4n) is 5.95. The number of nitrogens with zero attached hydrogens (tertiary/aromatic N) is 2. The van der Waals surface area contributed by atoms with E-state index in [-0.39, 0.29) is 36.4 Å². The Bertz CT molecular complexity index is 1050. The van der Waals surface area contributed by atoms with E-state index in [0.29, 0.717) is 42.9 Å². The molecule has 200 valence electrons. The number of halogens is 2. The summed E-state index contributed by atoms with van der Waals surface area (Å²) in [5.41, 5.74) is -0.556. The SMILES string of the molecule is C=CCOC(=O)[C@H]1[C@H]2C(=O)N(CCCCCO)C(C(=O)N(CC=C)c3ccc(Cl)cc3)C23CC(Br)[C@@H]1O3. The minimum Gasteiger partial charge on any atom is -0.461 e. The molecule has 37 heavy (non-hydrogen) atoms. The highest BCUT2D eigenvalue weighted by molar-refractivity contribution is 9.09. The summed E-state index contributed by atoms with van der Waals surface area (Å²) >= 11 is 9.72. The van der Waals surface area contributed by atoms with Crippen LogP contribution in [0.1, 0.15) is 25.7 Å². The van der Waals surface area contributed by atoms with Gasteiger partial charge in [-0.25, -0.2) is 0 Å². The van der Waals surface area contributed by atoms with E-state index in [2.05, 4.69) is 29.1 Å². The van der Waals surface area contributed by atoms with Crippen molar-refractivity contribution < 1.29 is 29.0 Å². The van der Waals surface area contributed by atoms with Crippen molar-refractivity contribution in [1.29, 1.82) is 0 Å². The van der Waals surface area contributed by atoms with Gasteiger partial charge in [0.2, 0.25) is 5.91 Å². The number of unbranched alkanes of at least 4 members (excludes halogenated alkanes) is 2. The van der Waals surface area contributed by atoms with Crippen LogP contribution in [0.25, 0.3) is 0 Å². The first-order valence-corrected chi connectivity index (χ1v) is 13.8. The van der Waals surface area contributed by atoms with Crippen molar-refractivity contribution in [3.05, 3.63) is 54.6 Å². The van der Waals surface area contributed by atoms with Gasteiger partial charge in [0.1, 0.15) is 18.2 Å². The van der Waals surface area contributed by atoms with Gasteiger partial charge in [-0.05, 0) is 49.9 Å². The second-order valence-corrected chi connectivity index (χ2v) is 11.2. The summed E-state index contributed by atoms with van der Waals surface area (Å²) in [5.74, 6) is -2.76. The van der Waals surface area contributed by atoms with Gasteiger partial charge in [0.15, 0.2) is 0 Å². The van der Waals surface area contributed by atoms with Gasteiger partial charge in [0.25, 0.3) is 5.91 Å². The van der Waals surface area contributed by atoms with Crippen LogP contribution in [-0.4, -0.2) is 76.7 Å². The maximum absolute atomic E-state index is 14.3. The molecule has 3 aliphatic rings. The van der Waals surface area contributed by atoms with Gasteiger partial charge in [0.05, 0.1) is 17.9 Å². The topological polar surface area (TPSA) is 96.4 Å². The van der Waals surface area contributed by atoms with E-state index in [0.717, 1.165) is 0 Å². The number of hydrogen-bond donors (Lipinski definition) is 1. The maximum Gasteiger partial charge on any atom is 0.312 e. The predicted molar refractivity (Wildman–Crippen MR) is 144 cm³/mol. The van der Waals surface area contributed by atoms with Gasteiger partial charge in [0, 0.05) is 35.2 Å². The Balaban J connectivity index is 1.74. The highest BCUT2D eigenvalue weighted by Gasteiger charge is 2.77. The Morgan fingerprint density at radius 1 is 1.24 bits per heavy atom. The number of ether oxygens (including phenoxy) is 2. The molecule has 3 unspecified atom stereocenters. The number of alkyl halides is 1. The van der Waals surface area contributed by atoms with Crippen LogP contribution in [0.15, 0.2) is 49.6 Å². The summed E-state index contributed by atoms with van der Waals surface area (Å²) in [4.78, 5) is 44.3. The van der Waals surface area contributed by atoms with Crippen LogP contribution in [0.4, 0.5) is 5.69 Å². The third kappa shape index (κ3) is 4.99. The maximum atomic E-state index is 14.3. The van der Waals surface area contributed by atoms with Gasteiger partial charge in [-0.3, -0.25) is 14.4 Å². The minimum atomic E-state index is -1.17. The molecule has 6 atom stereocenters. The van der Waals surface area contributed by atoms with Gasteiger partial charge in [-0.1, -0.05) is 46.3 Å². The molecule has 3 aliphatic heterocycles. The van der Waals surface area contributed by atoms with Crippen LogP contribution in [0.3, 0.4) is 0 Å². The van der Waals surface area contributed by atoms with E-state index in [1.165, 1.54) is 6.08 Å². The van der Waals surface area contributed by atoms with E-state index >= 15 is 0 Å². The highest BCUT2D eigenvalue weighted by Crippen LogP contribution is 2.60. The number of carbonyl (C=O) groups is 3. The standard InChI is InChI=1S/C27H32BrClN2O6/c1-3-12-30(18-10-8-17(29)9-11-18)25(34)23-27-16-19(28)22(37-27)20(26(35)36-15-4-2)21(27)24(33)31(23)13-6-5-7-14-32/h3-4,8-11,19-23,32H,1-2,5-7,12-16H2/t19?,20-,21-,22-,23?,27?/m0/s1. The van der Waals surface area contributed by atoms with Gasteiger partial charge >= 0.3 is 5.97 Å². The monoisotopic (exact) mass is 594 g/mol. The lowest BCUT2D eigenvalue weighted by molar-refractivity contribution is -0.153. The molecule has 8 nitrogen and oxygen atoms in total. The van der Waals surface area contributed by atoms with Crippen molar-refractivity contribution >= 4 is 51.0 Å². The fourth-order valence-corrected chi connectivity index (χ4v) is 7.02. The van der Waals surface area contributed by atoms with E-state index in [1.807, 2.05) is 0 Å². The molecule has 0 saturated carbocycles. The summed E-state index contributed by atoms with van der Waals surface area (Å²) < 4.78 is 11.8. The number of aliphatic hydroxyl groups excluding tert-OH is 1. The molecule has 2 amide bonds. The van der Waals surface area contributed by atoms with Gasteiger partial charge in [-0.15, -0.1) is 6.58 Å². The van der Waals surface area contributed by atoms with Crippen LogP contribution >= 0.6 is 27.5 Å². The molecule has 1 spiro atoms. The van der Waals surface area contributed by atoms with E-state index < -0.39 is 35.6 Å². The molecule has 4 rings (SSSR count). The van der Waals surface area contributed by atoms with Crippen LogP contribution in [0.5, 0.6) is 0 Å². The average Bonchev–Trinajstić information content (AvgIpc) is 3.47. The molecule has 1 aromatic carbocycles. The molecule has 1 N–H and O–H groups in total. The first kappa shape index (κ1) is 27.8. The quantitative estimate of drug-likeness (QED) is 0.172. The van der Waals surface area contributed by atoms with Gasteiger partial charge in [-0.2, -0.15) is 0 Å². The molecule has 3 saturated heterocycles. The number of fused-ring (bicyclic) bond motifs is 1. The van der Waals surface area contributed by atoms with Crippen molar-refractivity contribution in [1.82, 2.24) is 4.90 Å². The number of likely N-dealkylation sites (tertiary alicyclic amines) is 1. The number of aliphatic hydroxyl groups is 1. The van der Waals surface area contributed by atoms with Crippen LogP contribution in [-0.2, 0) is 23.9 Å². The number of amides is 2. The summed E-state index contributed by atoms with van der Waals surface area (Å²) in [6.45, 7) is 8.02. The molecule has 2 bridgehead atoms. The minimum absolute atomic E-state index is 0.0276. The molecule has 10 heteroatoms. The first-order chi connectivity index (χ1) is 17.8. The van der Waals surface area contributed by atoms with Crippen LogP contribution < -0.4 is 4.90 Å². The predicted octanol–water partition coefficient (Wildman–Crippen LogP) is 3.50. The number of esters is 1. The normalized spacial score (nSPS) is 29.8. The zero-order valence-electron chi connectivity index (χ0n) is 20.6. The first-order valence-electron chi connectivity index (χ1n) is 12.5. The Kier molecular flexibility index (Phi) is 8.78. The second kappa shape index (κ2) is 11.7. The number of hydrogen-bond acceptors (Lipinski definition) is 6. The summed E-state index contributed by atoms with van der Waals surface area (Å²) in [7, 11) is 0. The van der Waals surface area contributed by atoms with Crippen molar-refractivity contribution in [3.63, 3.8) is 0 Å². The number of benzene rings is 1. The Labute approximate surface area is 230 Å². The zero-order chi connectivity index (χ0) is 26.7. The fraction of sp³-hybridized carbons (Fsp3) is 0.519. The third-order valence-electron chi connectivity index (χ3n) is 7.41. The van der Waals surface area contributed by atoms with Crippen molar-refractivity contribution in [3.8, 4) is 0 Å². The van der Waals surface area contributed by atoms with Crippen molar-refractivity contribution in [2.75, 3.05) is 31.2 Å². The lowest BCUT2D eigenvalue weighted by atomic mass is 9.70. The number of rotatable bonds is 12. The number of carbonyl (C=O) groups excluding carboxylic acids is 3. The average molecular weight is 596 g/mol. The molecular formula is C27H32BrClN2O6. The zero-order valence-corrected chi connectivity index (χ0v) is 22.9. The molecule has 0 radical (unpaired) electrons. The Hall–Kier alpha value is -2.20. The van der Waals surface area contributed by atoms with Crippen LogP contribution in [0.2, 0.25) is 5.02 Å². The summed E-state index contributed by atoms with van der Waals surface area (Å²) in [6.07, 6.45) is 4.83. The second-order valence-electron chi connectivity index (χ2n) is 9.61. The van der Waals surface area contributed by atoms with E-state index in [4.69, 9.17) is 21.1 Å². The molecule has 3 heterocycles. The molecular weight excluding hydrogens is 564 g/mol. The van der Waals surface area contributed by atoms with E-state index in [1.54, 1.807) is 40.1 Å². The number of anilines is 1. The van der Waals surface area contributed by atoms with E-state index in [9.17, 15) is 19.5 Å². The van der Waals surface area contributed by atoms with Crippen molar-refractivity contribution in [2.45, 2.75) is 48.3 Å². The highest BCUT2D eigenvalue weighted by atomic mass is 79.9. The van der Waals surface area contributed by atoms with Crippen LogP contribution in [0, 0.1) is 11.8 Å². The third-order valence-corrected chi connectivity index (χ3v) is 8.51. The molecule has 0 aromatic heterocycles. The smallest absolute Gasteiger partial charge is 0.312 e. The lowest BCUT2D eigenvalue weighted by Crippen LogP contribution is -2.57. The Morgan fingerprint density at radius 2 is 1.97 bits per heavy atom. The molecule has 1 aromatic rings. The van der Waals surface area contributed by atoms with Crippen molar-refractivity contribution in [2.24, 2.45) is 11.8 Å². The van der Waals surface area contributed by atoms with Gasteiger partial charge < -0.3 is 24.4 Å². The largest absolute Gasteiger partial charge is 0.461 e. The summed E-state index contributed by atoms with van der Waals surface area (Å²) in [6, 6.07) is 5.96. The Morgan fingerprint density at radius 3 is 2.62 bits per heavy atom.